The molecular weight excluding hydrogens is 484 g/mol. The maximum absolute atomic E-state index is 12.7. The van der Waals surface area contributed by atoms with Gasteiger partial charge in [-0.05, 0) is 48.5 Å². The molecule has 5 aromatic rings. The molecule has 0 radical (unpaired) electrons. The van der Waals surface area contributed by atoms with Gasteiger partial charge in [0.2, 0.25) is 0 Å². The fraction of sp³-hybridized carbons (Fsp3) is 0.152. The van der Waals surface area contributed by atoms with Crippen molar-refractivity contribution in [3.8, 4) is 5.88 Å². The van der Waals surface area contributed by atoms with E-state index in [0.29, 0.717) is 16.8 Å². The molecule has 1 heterocycles. The molecule has 6 heteroatoms. The predicted octanol–water partition coefficient (Wildman–Crippen LogP) is 6.38. The summed E-state index contributed by atoms with van der Waals surface area (Å²) in [6.45, 7) is 1.69. The molecule has 2 N–H and O–H groups in total. The van der Waals surface area contributed by atoms with Crippen molar-refractivity contribution in [2.45, 2.75) is 13.1 Å². The highest BCUT2D eigenvalue weighted by Gasteiger charge is 2.20. The molecular formula is C33H32N4O2. The molecule has 0 aliphatic carbocycles. The van der Waals surface area contributed by atoms with E-state index in [9.17, 15) is 9.90 Å². The summed E-state index contributed by atoms with van der Waals surface area (Å²) in [4.78, 5) is 24.5. The lowest BCUT2D eigenvalue weighted by Crippen LogP contribution is -2.21. The number of H-pyrrole nitrogens is 1. The second-order valence-corrected chi connectivity index (χ2v) is 9.96. The molecule has 0 aliphatic rings. The number of hydrogen-bond donors (Lipinski definition) is 2. The summed E-state index contributed by atoms with van der Waals surface area (Å²) in [5.41, 5.74) is 6.59. The number of aromatic hydroxyl groups is 1. The van der Waals surface area contributed by atoms with Gasteiger partial charge < -0.3 is 15.0 Å². The van der Waals surface area contributed by atoms with Crippen molar-refractivity contribution in [1.29, 1.82) is 0 Å². The highest BCUT2D eigenvalue weighted by molar-refractivity contribution is 6.22. The molecule has 0 unspecified atom stereocenters. The van der Waals surface area contributed by atoms with E-state index in [0.717, 1.165) is 35.2 Å². The molecule has 0 saturated heterocycles. The van der Waals surface area contributed by atoms with E-state index in [1.54, 1.807) is 25.1 Å². The zero-order valence-corrected chi connectivity index (χ0v) is 22.4. The number of aromatic nitrogens is 1. The van der Waals surface area contributed by atoms with Crippen LogP contribution in [0.5, 0.6) is 5.88 Å². The van der Waals surface area contributed by atoms with E-state index < -0.39 is 0 Å². The van der Waals surface area contributed by atoms with Crippen molar-refractivity contribution < 1.29 is 9.90 Å². The van der Waals surface area contributed by atoms with Gasteiger partial charge in [0, 0.05) is 49.2 Å². The zero-order chi connectivity index (χ0) is 27.4. The fourth-order valence-corrected chi connectivity index (χ4v) is 4.74. The van der Waals surface area contributed by atoms with Gasteiger partial charge in [0.1, 0.15) is 0 Å². The van der Waals surface area contributed by atoms with Gasteiger partial charge in [-0.2, -0.15) is 0 Å². The Hall–Kier alpha value is -4.68. The lowest BCUT2D eigenvalue weighted by molar-refractivity contribution is 0.0827. The summed E-state index contributed by atoms with van der Waals surface area (Å²) < 4.78 is 0. The Balaban J connectivity index is 1.50. The number of aromatic amines is 1. The number of nitrogens with zero attached hydrogens (tertiary/aromatic N) is 3. The van der Waals surface area contributed by atoms with Crippen LogP contribution in [0.1, 0.15) is 32.6 Å². The molecule has 0 aliphatic heterocycles. The molecule has 1 aromatic heterocycles. The van der Waals surface area contributed by atoms with Crippen molar-refractivity contribution in [2.75, 3.05) is 21.1 Å². The summed E-state index contributed by atoms with van der Waals surface area (Å²) in [5, 5.41) is 11.7. The largest absolute Gasteiger partial charge is 0.494 e. The van der Waals surface area contributed by atoms with Crippen LogP contribution in [0, 0.1) is 0 Å². The molecule has 4 aromatic carbocycles. The summed E-state index contributed by atoms with van der Waals surface area (Å²) in [5.74, 6) is -0.0872. The lowest BCUT2D eigenvalue weighted by atomic mass is 9.99. The molecule has 1 amide bonds. The van der Waals surface area contributed by atoms with Gasteiger partial charge in [-0.3, -0.25) is 9.69 Å². The summed E-state index contributed by atoms with van der Waals surface area (Å²) in [7, 11) is 5.56. The molecule has 5 rings (SSSR count). The van der Waals surface area contributed by atoms with E-state index in [2.05, 4.69) is 53.3 Å². The monoisotopic (exact) mass is 516 g/mol. The van der Waals surface area contributed by atoms with Crippen LogP contribution in [-0.2, 0) is 13.1 Å². The first-order valence-electron chi connectivity index (χ1n) is 12.9. The number of fused-ring (bicyclic) bond motifs is 1. The third-order valence-corrected chi connectivity index (χ3v) is 6.64. The van der Waals surface area contributed by atoms with Crippen LogP contribution in [0.25, 0.3) is 10.9 Å². The Morgan fingerprint density at radius 1 is 0.769 bits per heavy atom. The van der Waals surface area contributed by atoms with Gasteiger partial charge in [-0.1, -0.05) is 72.8 Å². The Morgan fingerprint density at radius 2 is 1.38 bits per heavy atom. The van der Waals surface area contributed by atoms with Crippen LogP contribution in [0.4, 0.5) is 5.69 Å². The highest BCUT2D eigenvalue weighted by atomic mass is 16.3. The van der Waals surface area contributed by atoms with Crippen LogP contribution in [0.2, 0.25) is 0 Å². The summed E-state index contributed by atoms with van der Waals surface area (Å²) >= 11 is 0. The van der Waals surface area contributed by atoms with E-state index in [-0.39, 0.29) is 11.8 Å². The normalized spacial score (nSPS) is 11.7. The van der Waals surface area contributed by atoms with E-state index in [4.69, 9.17) is 4.99 Å². The van der Waals surface area contributed by atoms with Crippen LogP contribution < -0.4 is 0 Å². The summed E-state index contributed by atoms with van der Waals surface area (Å²) in [6, 6.07) is 33.8. The number of hydrogen-bond acceptors (Lipinski definition) is 4. The quantitative estimate of drug-likeness (QED) is 0.235. The minimum Gasteiger partial charge on any atom is -0.494 e. The third-order valence-electron chi connectivity index (χ3n) is 6.64. The van der Waals surface area contributed by atoms with Crippen molar-refractivity contribution in [2.24, 2.45) is 4.99 Å². The van der Waals surface area contributed by atoms with Gasteiger partial charge in [0.15, 0.2) is 5.88 Å². The first kappa shape index (κ1) is 25.9. The molecule has 39 heavy (non-hydrogen) atoms. The van der Waals surface area contributed by atoms with Gasteiger partial charge in [-0.25, -0.2) is 4.99 Å². The van der Waals surface area contributed by atoms with Crippen molar-refractivity contribution >= 4 is 28.2 Å². The van der Waals surface area contributed by atoms with E-state index in [1.165, 1.54) is 11.1 Å². The number of aliphatic imine (C=N–C) groups is 1. The molecule has 0 fully saturated rings. The number of amides is 1. The van der Waals surface area contributed by atoms with E-state index >= 15 is 0 Å². The standard InChI is InChI=1S/C33H32N4O2/c1-36(2)33(39)26-16-19-29-28(20-26)30(32(38)35-29)31(25-12-8-5-9-13-25)34-27-17-14-24(15-18-27)22-37(3)21-23-10-6-4-7-11-23/h4-20,35,38H,21-22H2,1-3H3. The van der Waals surface area contributed by atoms with Gasteiger partial charge >= 0.3 is 0 Å². The van der Waals surface area contributed by atoms with E-state index in [1.807, 2.05) is 60.7 Å². The first-order chi connectivity index (χ1) is 18.9. The van der Waals surface area contributed by atoms with Gasteiger partial charge in [0.25, 0.3) is 5.91 Å². The predicted molar refractivity (Wildman–Crippen MR) is 158 cm³/mol. The number of benzene rings is 4. The first-order valence-corrected chi connectivity index (χ1v) is 12.9. The molecule has 6 nitrogen and oxygen atoms in total. The van der Waals surface area contributed by atoms with Crippen LogP contribution >= 0.6 is 0 Å². The number of carbonyl (C=O) groups is 1. The maximum atomic E-state index is 12.7. The topological polar surface area (TPSA) is 71.9 Å². The fourth-order valence-electron chi connectivity index (χ4n) is 4.74. The second-order valence-electron chi connectivity index (χ2n) is 9.96. The molecule has 0 saturated carbocycles. The molecule has 0 spiro atoms. The Morgan fingerprint density at radius 3 is 2.03 bits per heavy atom. The average molecular weight is 517 g/mol. The van der Waals surface area contributed by atoms with Crippen LogP contribution in [-0.4, -0.2) is 52.7 Å². The third kappa shape index (κ3) is 5.92. The zero-order valence-electron chi connectivity index (χ0n) is 22.4. The van der Waals surface area contributed by atoms with Crippen LogP contribution in [0.3, 0.4) is 0 Å². The number of rotatable bonds is 8. The molecule has 0 bridgehead atoms. The minimum atomic E-state index is -0.102. The number of nitrogens with one attached hydrogen (secondary N) is 1. The SMILES string of the molecule is CN(Cc1ccccc1)Cc1ccc(N=C(c2ccccc2)c2c(O)[nH]c3ccc(C(=O)N(C)C)cc23)cc1. The lowest BCUT2D eigenvalue weighted by Gasteiger charge is -2.17. The minimum absolute atomic E-state index is 0.0150. The van der Waals surface area contributed by atoms with Gasteiger partial charge in [-0.15, -0.1) is 0 Å². The maximum Gasteiger partial charge on any atom is 0.253 e. The summed E-state index contributed by atoms with van der Waals surface area (Å²) in [6.07, 6.45) is 0. The van der Waals surface area contributed by atoms with Crippen molar-refractivity contribution in [3.63, 3.8) is 0 Å². The van der Waals surface area contributed by atoms with Crippen LogP contribution in [0.15, 0.2) is 108 Å². The molecule has 0 atom stereocenters. The highest BCUT2D eigenvalue weighted by Crippen LogP contribution is 2.32. The van der Waals surface area contributed by atoms with Crippen molar-refractivity contribution in [1.82, 2.24) is 14.8 Å². The Bertz CT molecular complexity index is 1600. The average Bonchev–Trinajstić information content (AvgIpc) is 3.27. The number of carbonyl (C=O) groups excluding carboxylic acids is 1. The molecule has 196 valence electrons. The Kier molecular flexibility index (Phi) is 7.57. The van der Waals surface area contributed by atoms with Crippen molar-refractivity contribution in [3.05, 3.63) is 131 Å². The smallest absolute Gasteiger partial charge is 0.253 e. The second kappa shape index (κ2) is 11.4. The Labute approximate surface area is 228 Å². The van der Waals surface area contributed by atoms with Gasteiger partial charge in [0.05, 0.1) is 17.0 Å².